The van der Waals surface area contributed by atoms with Gasteiger partial charge >= 0.3 is 5.97 Å². The number of carbonyl (C=O) groups excluding carboxylic acids is 1. The maximum absolute atomic E-state index is 12.3. The van der Waals surface area contributed by atoms with E-state index in [9.17, 15) is 9.59 Å². The van der Waals surface area contributed by atoms with E-state index in [2.05, 4.69) is 6.92 Å². The van der Waals surface area contributed by atoms with E-state index in [1.165, 1.54) is 38.5 Å². The van der Waals surface area contributed by atoms with Crippen molar-refractivity contribution in [1.29, 1.82) is 0 Å². The molecule has 1 aliphatic rings. The van der Waals surface area contributed by atoms with E-state index in [0.717, 1.165) is 32.1 Å². The molecule has 4 heteroatoms. The van der Waals surface area contributed by atoms with Crippen LogP contribution in [0.2, 0.25) is 0 Å². The minimum absolute atomic E-state index is 0.0579. The number of hydrogen-bond donors (Lipinski definition) is 1. The largest absolute Gasteiger partial charge is 0.480 e. The van der Waals surface area contributed by atoms with E-state index in [-0.39, 0.29) is 18.4 Å². The van der Waals surface area contributed by atoms with Gasteiger partial charge in [0.25, 0.3) is 0 Å². The first-order valence-corrected chi connectivity index (χ1v) is 8.65. The molecule has 0 radical (unpaired) electrons. The Bertz CT molecular complexity index is 317. The Morgan fingerprint density at radius 1 is 1.14 bits per heavy atom. The van der Waals surface area contributed by atoms with Gasteiger partial charge in [0, 0.05) is 12.5 Å². The van der Waals surface area contributed by atoms with E-state index in [4.69, 9.17) is 5.11 Å². The van der Waals surface area contributed by atoms with Crippen molar-refractivity contribution in [3.63, 3.8) is 0 Å². The van der Waals surface area contributed by atoms with Crippen molar-refractivity contribution in [1.82, 2.24) is 4.90 Å². The Labute approximate surface area is 128 Å². The van der Waals surface area contributed by atoms with Crippen LogP contribution < -0.4 is 0 Å². The number of amides is 1. The average molecular weight is 297 g/mol. The summed E-state index contributed by atoms with van der Waals surface area (Å²) in [5.74, 6) is -0.775. The molecule has 4 nitrogen and oxygen atoms in total. The molecule has 0 aliphatic carbocycles. The standard InChI is InChI=1S/C17H31NO3/c1-2-3-4-5-6-7-8-11-15-12-9-10-13-18(17(15)21)14-16(19)20/h15H,2-14H2,1H3,(H,19,20). The van der Waals surface area contributed by atoms with Crippen LogP contribution in [0.5, 0.6) is 0 Å². The fraction of sp³-hybridized carbons (Fsp3) is 0.882. The second-order valence-corrected chi connectivity index (χ2v) is 6.26. The number of carboxylic acids is 1. The van der Waals surface area contributed by atoms with Crippen molar-refractivity contribution in [3.05, 3.63) is 0 Å². The Morgan fingerprint density at radius 2 is 1.81 bits per heavy atom. The third-order valence-electron chi connectivity index (χ3n) is 4.37. The summed E-state index contributed by atoms with van der Waals surface area (Å²) in [4.78, 5) is 24.7. The van der Waals surface area contributed by atoms with Gasteiger partial charge in [-0.05, 0) is 19.3 Å². The molecule has 0 aromatic carbocycles. The van der Waals surface area contributed by atoms with Crippen molar-refractivity contribution in [2.75, 3.05) is 13.1 Å². The lowest BCUT2D eigenvalue weighted by atomic mass is 9.95. The second-order valence-electron chi connectivity index (χ2n) is 6.26. The zero-order valence-corrected chi connectivity index (χ0v) is 13.5. The highest BCUT2D eigenvalue weighted by molar-refractivity contribution is 5.83. The van der Waals surface area contributed by atoms with E-state index < -0.39 is 5.97 Å². The van der Waals surface area contributed by atoms with Crippen LogP contribution in [-0.4, -0.2) is 35.0 Å². The number of unbranched alkanes of at least 4 members (excludes halogenated alkanes) is 6. The summed E-state index contributed by atoms with van der Waals surface area (Å²) in [6, 6.07) is 0. The Hall–Kier alpha value is -1.06. The molecule has 0 bridgehead atoms. The number of likely N-dealkylation sites (tertiary alicyclic amines) is 1. The summed E-state index contributed by atoms with van der Waals surface area (Å²) in [6.07, 6.45) is 12.6. The van der Waals surface area contributed by atoms with Crippen LogP contribution in [0.15, 0.2) is 0 Å². The molecule has 1 N–H and O–H groups in total. The quantitative estimate of drug-likeness (QED) is 0.623. The van der Waals surface area contributed by atoms with Crippen LogP contribution in [0, 0.1) is 5.92 Å². The molecular formula is C17H31NO3. The Balaban J connectivity index is 2.25. The van der Waals surface area contributed by atoms with Crippen molar-refractivity contribution >= 4 is 11.9 Å². The maximum atomic E-state index is 12.3. The molecule has 1 amide bonds. The van der Waals surface area contributed by atoms with Crippen LogP contribution in [0.25, 0.3) is 0 Å². The molecule has 0 aromatic heterocycles. The van der Waals surface area contributed by atoms with Gasteiger partial charge in [0.05, 0.1) is 0 Å². The van der Waals surface area contributed by atoms with Gasteiger partial charge in [-0.15, -0.1) is 0 Å². The number of carboxylic acid groups (broad SMARTS) is 1. The molecule has 1 heterocycles. The van der Waals surface area contributed by atoms with Crippen LogP contribution >= 0.6 is 0 Å². The summed E-state index contributed by atoms with van der Waals surface area (Å²) < 4.78 is 0. The molecule has 0 spiro atoms. The second kappa shape index (κ2) is 10.6. The molecule has 1 atom stereocenters. The summed E-state index contributed by atoms with van der Waals surface area (Å²) in [5.41, 5.74) is 0. The van der Waals surface area contributed by atoms with E-state index in [1.54, 1.807) is 4.90 Å². The fourth-order valence-corrected chi connectivity index (χ4v) is 3.12. The molecule has 1 fully saturated rings. The molecule has 21 heavy (non-hydrogen) atoms. The SMILES string of the molecule is CCCCCCCCCC1CCCCN(CC(=O)O)C1=O. The third-order valence-corrected chi connectivity index (χ3v) is 4.37. The Kier molecular flexibility index (Phi) is 9.11. The fourth-order valence-electron chi connectivity index (χ4n) is 3.12. The first-order chi connectivity index (χ1) is 10.1. The number of aliphatic carboxylic acids is 1. The topological polar surface area (TPSA) is 57.6 Å². The monoisotopic (exact) mass is 297 g/mol. The molecule has 122 valence electrons. The molecule has 1 aliphatic heterocycles. The first kappa shape index (κ1) is 18.0. The number of carbonyl (C=O) groups is 2. The van der Waals surface area contributed by atoms with Gasteiger partial charge in [-0.2, -0.15) is 0 Å². The average Bonchev–Trinajstić information content (AvgIpc) is 2.61. The number of nitrogens with zero attached hydrogens (tertiary/aromatic N) is 1. The van der Waals surface area contributed by atoms with Gasteiger partial charge in [-0.25, -0.2) is 0 Å². The van der Waals surface area contributed by atoms with Crippen molar-refractivity contribution < 1.29 is 14.7 Å². The smallest absolute Gasteiger partial charge is 0.323 e. The minimum atomic E-state index is -0.903. The molecule has 1 saturated heterocycles. The lowest BCUT2D eigenvalue weighted by Gasteiger charge is -2.22. The highest BCUT2D eigenvalue weighted by Crippen LogP contribution is 2.23. The summed E-state index contributed by atoms with van der Waals surface area (Å²) in [7, 11) is 0. The normalized spacial score (nSPS) is 19.6. The predicted octanol–water partition coefficient (Wildman–Crippen LogP) is 3.84. The van der Waals surface area contributed by atoms with E-state index in [1.807, 2.05) is 0 Å². The summed E-state index contributed by atoms with van der Waals surface area (Å²) in [6.45, 7) is 2.70. The van der Waals surface area contributed by atoms with Gasteiger partial charge in [0.2, 0.25) is 5.91 Å². The van der Waals surface area contributed by atoms with Crippen LogP contribution in [0.4, 0.5) is 0 Å². The van der Waals surface area contributed by atoms with E-state index in [0.29, 0.717) is 6.54 Å². The zero-order chi connectivity index (χ0) is 15.5. The van der Waals surface area contributed by atoms with Gasteiger partial charge < -0.3 is 10.0 Å². The predicted molar refractivity (Wildman–Crippen MR) is 84.2 cm³/mol. The maximum Gasteiger partial charge on any atom is 0.323 e. The lowest BCUT2D eigenvalue weighted by molar-refractivity contribution is -0.146. The van der Waals surface area contributed by atoms with Gasteiger partial charge in [-0.1, -0.05) is 58.3 Å². The number of rotatable bonds is 10. The first-order valence-electron chi connectivity index (χ1n) is 8.65. The molecule has 0 aromatic rings. The zero-order valence-electron chi connectivity index (χ0n) is 13.5. The van der Waals surface area contributed by atoms with Crippen molar-refractivity contribution in [3.8, 4) is 0 Å². The highest BCUT2D eigenvalue weighted by atomic mass is 16.4. The van der Waals surface area contributed by atoms with Crippen molar-refractivity contribution in [2.45, 2.75) is 77.6 Å². The van der Waals surface area contributed by atoms with Gasteiger partial charge in [-0.3, -0.25) is 9.59 Å². The summed E-state index contributed by atoms with van der Waals surface area (Å²) >= 11 is 0. The van der Waals surface area contributed by atoms with Crippen molar-refractivity contribution in [2.24, 2.45) is 5.92 Å². The highest BCUT2D eigenvalue weighted by Gasteiger charge is 2.27. The van der Waals surface area contributed by atoms with Gasteiger partial charge in [0.1, 0.15) is 6.54 Å². The third kappa shape index (κ3) is 7.49. The minimum Gasteiger partial charge on any atom is -0.480 e. The van der Waals surface area contributed by atoms with Crippen LogP contribution in [-0.2, 0) is 9.59 Å². The lowest BCUT2D eigenvalue weighted by Crippen LogP contribution is -2.38. The van der Waals surface area contributed by atoms with E-state index >= 15 is 0 Å². The summed E-state index contributed by atoms with van der Waals surface area (Å²) in [5, 5.41) is 8.88. The van der Waals surface area contributed by atoms with Crippen LogP contribution in [0.1, 0.15) is 77.6 Å². The number of hydrogen-bond acceptors (Lipinski definition) is 2. The van der Waals surface area contributed by atoms with Crippen LogP contribution in [0.3, 0.4) is 0 Å². The molecule has 0 saturated carbocycles. The van der Waals surface area contributed by atoms with Gasteiger partial charge in [0.15, 0.2) is 0 Å². The molecular weight excluding hydrogens is 266 g/mol. The molecule has 1 unspecified atom stereocenters. The Morgan fingerprint density at radius 3 is 2.48 bits per heavy atom. The molecule has 1 rings (SSSR count).